The van der Waals surface area contributed by atoms with Crippen LogP contribution in [0, 0.1) is 5.92 Å². The maximum atomic E-state index is 13.2. The van der Waals surface area contributed by atoms with Gasteiger partial charge < -0.3 is 30.3 Å². The van der Waals surface area contributed by atoms with Crippen LogP contribution in [-0.2, 0) is 20.5 Å². The molecule has 2 aliphatic rings. The number of ether oxygens (including phenoxy) is 1. The molecule has 1 fully saturated rings. The molecular formula is C27H38F3N3O3. The number of hydrogen-bond donors (Lipinski definition) is 3. The molecule has 4 unspecified atom stereocenters. The molecule has 2 aliphatic heterocycles. The molecular weight excluding hydrogens is 471 g/mol. The summed E-state index contributed by atoms with van der Waals surface area (Å²) >= 11 is 0. The molecule has 2 aromatic rings. The van der Waals surface area contributed by atoms with Crippen LogP contribution in [0.5, 0.6) is 0 Å². The summed E-state index contributed by atoms with van der Waals surface area (Å²) in [4.78, 5) is 16.0. The van der Waals surface area contributed by atoms with Gasteiger partial charge in [0.2, 0.25) is 0 Å². The van der Waals surface area contributed by atoms with Gasteiger partial charge >= 0.3 is 6.18 Å². The molecule has 0 bridgehead atoms. The highest BCUT2D eigenvalue weighted by Gasteiger charge is 2.43. The first kappa shape index (κ1) is 31.3. The van der Waals surface area contributed by atoms with Crippen LogP contribution in [0.4, 0.5) is 18.9 Å². The highest BCUT2D eigenvalue weighted by atomic mass is 19.4. The summed E-state index contributed by atoms with van der Waals surface area (Å²) < 4.78 is 45.6. The second-order valence-electron chi connectivity index (χ2n) is 8.43. The van der Waals surface area contributed by atoms with Gasteiger partial charge in [0, 0.05) is 23.2 Å². The lowest BCUT2D eigenvalue weighted by Crippen LogP contribution is -2.45. The number of halogens is 3. The van der Waals surface area contributed by atoms with Crippen molar-refractivity contribution >= 4 is 19.3 Å². The van der Waals surface area contributed by atoms with Gasteiger partial charge in [-0.15, -0.1) is 0 Å². The maximum Gasteiger partial charge on any atom is 0.416 e. The van der Waals surface area contributed by atoms with E-state index in [1.807, 2.05) is 58.0 Å². The summed E-state index contributed by atoms with van der Waals surface area (Å²) in [5.74, 6) is 0.0552. The van der Waals surface area contributed by atoms with Crippen LogP contribution in [0.3, 0.4) is 0 Å². The standard InChI is InChI=1S/C20H21F3N2O.C5H13N.2CH2O/c1-24-14-10-16-18(12-5-3-2-4-6-12)25-17-8-7-13(20(21,22)23)9-15(17)19(16)26-11-14;1-3-4-5-6-2;2*1-2/h2-9,14,16,18-19,24-25H,10-11H2,1H3;6H,3-5H2,1-2H3;2*1H2. The quantitative estimate of drug-likeness (QED) is 0.483. The molecule has 0 spiro atoms. The van der Waals surface area contributed by atoms with Crippen LogP contribution < -0.4 is 16.0 Å². The van der Waals surface area contributed by atoms with Gasteiger partial charge in [-0.05, 0) is 57.2 Å². The number of carbonyl (C=O) groups excluding carboxylic acids is 2. The number of alkyl halides is 3. The molecule has 36 heavy (non-hydrogen) atoms. The molecule has 6 nitrogen and oxygen atoms in total. The number of benzene rings is 2. The van der Waals surface area contributed by atoms with E-state index in [1.165, 1.54) is 25.0 Å². The third kappa shape index (κ3) is 8.43. The van der Waals surface area contributed by atoms with Crippen LogP contribution in [0.1, 0.15) is 55.0 Å². The smallest absolute Gasteiger partial charge is 0.378 e. The van der Waals surface area contributed by atoms with Gasteiger partial charge in [-0.25, -0.2) is 0 Å². The zero-order valence-corrected chi connectivity index (χ0v) is 21.2. The van der Waals surface area contributed by atoms with Crippen molar-refractivity contribution in [2.75, 3.05) is 32.6 Å². The van der Waals surface area contributed by atoms with Crippen molar-refractivity contribution in [2.24, 2.45) is 5.92 Å². The van der Waals surface area contributed by atoms with Crippen LogP contribution in [0.15, 0.2) is 48.5 Å². The van der Waals surface area contributed by atoms with Crippen molar-refractivity contribution in [3.8, 4) is 0 Å². The monoisotopic (exact) mass is 509 g/mol. The Bertz CT molecular complexity index is 878. The Morgan fingerprint density at radius 1 is 1.06 bits per heavy atom. The molecule has 3 N–H and O–H groups in total. The molecule has 0 aromatic heterocycles. The lowest BCUT2D eigenvalue weighted by Gasteiger charge is -2.45. The molecule has 1 saturated heterocycles. The number of unbranched alkanes of at least 4 members (excludes halogenated alkanes) is 1. The average molecular weight is 510 g/mol. The van der Waals surface area contributed by atoms with Gasteiger partial charge in [-0.2, -0.15) is 13.2 Å². The summed E-state index contributed by atoms with van der Waals surface area (Å²) in [7, 11) is 3.87. The van der Waals surface area contributed by atoms with Gasteiger partial charge in [-0.3, -0.25) is 0 Å². The minimum atomic E-state index is -4.36. The number of anilines is 1. The first-order chi connectivity index (χ1) is 17.4. The largest absolute Gasteiger partial charge is 0.416 e. The van der Waals surface area contributed by atoms with E-state index in [2.05, 4.69) is 22.9 Å². The zero-order chi connectivity index (χ0) is 27.1. The summed E-state index contributed by atoms with van der Waals surface area (Å²) in [6, 6.07) is 14.1. The van der Waals surface area contributed by atoms with Gasteiger partial charge in [0.05, 0.1) is 24.3 Å². The fourth-order valence-electron chi connectivity index (χ4n) is 4.42. The number of rotatable bonds is 5. The second-order valence-corrected chi connectivity index (χ2v) is 8.43. The second kappa shape index (κ2) is 16.1. The van der Waals surface area contributed by atoms with Crippen molar-refractivity contribution in [3.63, 3.8) is 0 Å². The minimum absolute atomic E-state index is 0.00147. The Hall–Kier alpha value is -2.75. The molecule has 0 radical (unpaired) electrons. The minimum Gasteiger partial charge on any atom is -0.378 e. The van der Waals surface area contributed by atoms with Crippen molar-refractivity contribution < 1.29 is 27.5 Å². The third-order valence-electron chi connectivity index (χ3n) is 6.19. The first-order valence-corrected chi connectivity index (χ1v) is 11.9. The Morgan fingerprint density at radius 2 is 1.72 bits per heavy atom. The molecule has 200 valence electrons. The van der Waals surface area contributed by atoms with E-state index in [1.54, 1.807) is 0 Å². The third-order valence-corrected chi connectivity index (χ3v) is 6.19. The Kier molecular flexibility index (Phi) is 14.0. The van der Waals surface area contributed by atoms with E-state index < -0.39 is 11.7 Å². The van der Waals surface area contributed by atoms with Gasteiger partial charge in [0.15, 0.2) is 0 Å². The first-order valence-electron chi connectivity index (χ1n) is 11.9. The number of carbonyl (C=O) groups is 2. The van der Waals surface area contributed by atoms with Gasteiger partial charge in [0.25, 0.3) is 0 Å². The molecule has 4 atom stereocenters. The Balaban J connectivity index is 0.000000563. The van der Waals surface area contributed by atoms with E-state index in [4.69, 9.17) is 14.3 Å². The fraction of sp³-hybridized carbons (Fsp3) is 0.481. The van der Waals surface area contributed by atoms with Crippen molar-refractivity contribution in [1.82, 2.24) is 10.6 Å². The number of fused-ring (bicyclic) bond motifs is 3. The summed E-state index contributed by atoms with van der Waals surface area (Å²) in [5, 5.41) is 9.77. The highest BCUT2D eigenvalue weighted by Crippen LogP contribution is 2.50. The predicted molar refractivity (Wildman–Crippen MR) is 137 cm³/mol. The van der Waals surface area contributed by atoms with E-state index in [0.29, 0.717) is 12.2 Å². The molecule has 2 aromatic carbocycles. The zero-order valence-electron chi connectivity index (χ0n) is 21.2. The normalized spacial score (nSPS) is 21.9. The van der Waals surface area contributed by atoms with Crippen LogP contribution in [0.2, 0.25) is 0 Å². The van der Waals surface area contributed by atoms with Crippen LogP contribution in [0.25, 0.3) is 0 Å². The van der Waals surface area contributed by atoms with Gasteiger partial charge in [0.1, 0.15) is 13.6 Å². The van der Waals surface area contributed by atoms with E-state index >= 15 is 0 Å². The molecule has 9 heteroatoms. The summed E-state index contributed by atoms with van der Waals surface area (Å²) in [6.45, 7) is 7.85. The van der Waals surface area contributed by atoms with E-state index in [9.17, 15) is 13.2 Å². The fourth-order valence-corrected chi connectivity index (χ4v) is 4.42. The molecule has 4 rings (SSSR count). The lowest BCUT2D eigenvalue weighted by molar-refractivity contribution is -0.137. The van der Waals surface area contributed by atoms with Crippen LogP contribution >= 0.6 is 0 Å². The molecule has 2 heterocycles. The van der Waals surface area contributed by atoms with Crippen molar-refractivity contribution in [1.29, 1.82) is 0 Å². The molecule has 0 aliphatic carbocycles. The predicted octanol–water partition coefficient (Wildman–Crippen LogP) is 5.17. The Morgan fingerprint density at radius 3 is 2.25 bits per heavy atom. The summed E-state index contributed by atoms with van der Waals surface area (Å²) in [6.07, 6.45) is -1.27. The van der Waals surface area contributed by atoms with Crippen molar-refractivity contribution in [2.45, 2.75) is 50.6 Å². The topological polar surface area (TPSA) is 79.5 Å². The number of hydrogen-bond acceptors (Lipinski definition) is 6. The lowest BCUT2D eigenvalue weighted by atomic mass is 9.76. The van der Waals surface area contributed by atoms with E-state index in [-0.39, 0.29) is 24.1 Å². The molecule has 0 saturated carbocycles. The van der Waals surface area contributed by atoms with Crippen molar-refractivity contribution in [3.05, 3.63) is 65.2 Å². The maximum absolute atomic E-state index is 13.2. The number of likely N-dealkylation sites (N-methyl/N-ethyl adjacent to an activating group) is 1. The number of nitrogens with one attached hydrogen (secondary N) is 3. The van der Waals surface area contributed by atoms with Gasteiger partial charge in [-0.1, -0.05) is 43.7 Å². The SMILES string of the molecule is C=O.C=O.CCCCNC.CNC1COC2c3cc(C(F)(F)F)ccc3NC(c3ccccc3)C2C1. The average Bonchev–Trinajstić information content (AvgIpc) is 2.93. The Labute approximate surface area is 212 Å². The van der Waals surface area contributed by atoms with Crippen LogP contribution in [-0.4, -0.2) is 46.9 Å². The highest BCUT2D eigenvalue weighted by molar-refractivity contribution is 5.58. The molecule has 0 amide bonds. The van der Waals surface area contributed by atoms with E-state index in [0.717, 1.165) is 30.3 Å². The summed E-state index contributed by atoms with van der Waals surface area (Å²) in [5.41, 5.74) is 1.81.